The average Bonchev–Trinajstić information content (AvgIpc) is 2.40. The molecule has 1 saturated heterocycles. The molecular formula is C14H22N2O. The molecule has 1 N–H and O–H groups in total. The minimum atomic E-state index is 0.175. The molecule has 1 atom stereocenters. The van der Waals surface area contributed by atoms with Crippen LogP contribution in [0.25, 0.3) is 0 Å². The van der Waals surface area contributed by atoms with Crippen LogP contribution in [-0.4, -0.2) is 38.2 Å². The lowest BCUT2D eigenvalue weighted by atomic mass is 10.0. The zero-order valence-electron chi connectivity index (χ0n) is 10.8. The van der Waals surface area contributed by atoms with Crippen molar-refractivity contribution in [3.8, 4) is 0 Å². The summed E-state index contributed by atoms with van der Waals surface area (Å²) in [5, 5.41) is 3.38. The number of ether oxygens (including phenoxy) is 1. The molecule has 0 spiro atoms. The van der Waals surface area contributed by atoms with Crippen molar-refractivity contribution in [1.29, 1.82) is 0 Å². The molecule has 1 aliphatic heterocycles. The Hall–Kier alpha value is -0.900. The highest BCUT2D eigenvalue weighted by molar-refractivity contribution is 5.28. The van der Waals surface area contributed by atoms with Gasteiger partial charge in [0.25, 0.3) is 0 Å². The predicted molar refractivity (Wildman–Crippen MR) is 70.0 cm³/mol. The summed E-state index contributed by atoms with van der Waals surface area (Å²) >= 11 is 0. The van der Waals surface area contributed by atoms with Crippen LogP contribution in [0.5, 0.6) is 0 Å². The van der Waals surface area contributed by atoms with Crippen molar-refractivity contribution in [2.75, 3.05) is 33.3 Å². The molecular weight excluding hydrogens is 212 g/mol. The Balaban J connectivity index is 2.08. The van der Waals surface area contributed by atoms with Crippen LogP contribution in [0, 0.1) is 0 Å². The number of rotatable bonds is 4. The molecule has 3 heteroatoms. The van der Waals surface area contributed by atoms with Crippen LogP contribution in [0.3, 0.4) is 0 Å². The summed E-state index contributed by atoms with van der Waals surface area (Å²) in [7, 11) is 1.77. The summed E-state index contributed by atoms with van der Waals surface area (Å²) < 4.78 is 5.44. The first-order chi connectivity index (χ1) is 8.31. The number of hydrogen-bond acceptors (Lipinski definition) is 3. The van der Waals surface area contributed by atoms with Gasteiger partial charge in [0.05, 0.1) is 6.10 Å². The van der Waals surface area contributed by atoms with Gasteiger partial charge in [-0.1, -0.05) is 24.3 Å². The lowest BCUT2D eigenvalue weighted by Crippen LogP contribution is -2.43. The number of hydrogen-bond donors (Lipinski definition) is 1. The topological polar surface area (TPSA) is 24.5 Å². The number of methoxy groups -OCH3 is 1. The maximum atomic E-state index is 5.44. The number of nitrogens with zero attached hydrogens (tertiary/aromatic N) is 1. The third-order valence-electron chi connectivity index (χ3n) is 3.45. The Morgan fingerprint density at radius 2 is 2.00 bits per heavy atom. The van der Waals surface area contributed by atoms with Crippen molar-refractivity contribution in [2.24, 2.45) is 0 Å². The quantitative estimate of drug-likeness (QED) is 0.859. The second-order valence-corrected chi connectivity index (χ2v) is 4.60. The fourth-order valence-corrected chi connectivity index (χ4v) is 2.31. The summed E-state index contributed by atoms with van der Waals surface area (Å²) in [6, 6.07) is 8.59. The minimum absolute atomic E-state index is 0.175. The van der Waals surface area contributed by atoms with E-state index in [2.05, 4.69) is 41.4 Å². The first kappa shape index (κ1) is 12.6. The molecule has 1 aliphatic rings. The summed E-state index contributed by atoms with van der Waals surface area (Å²) in [4.78, 5) is 2.50. The van der Waals surface area contributed by atoms with Gasteiger partial charge in [0.2, 0.25) is 0 Å². The molecule has 0 radical (unpaired) electrons. The summed E-state index contributed by atoms with van der Waals surface area (Å²) in [6.07, 6.45) is 0.175. The molecule has 1 aromatic carbocycles. The molecule has 1 fully saturated rings. The molecule has 0 amide bonds. The van der Waals surface area contributed by atoms with E-state index < -0.39 is 0 Å². The van der Waals surface area contributed by atoms with Crippen molar-refractivity contribution in [3.63, 3.8) is 0 Å². The Kier molecular flexibility index (Phi) is 4.54. The van der Waals surface area contributed by atoms with E-state index in [1.165, 1.54) is 11.1 Å². The van der Waals surface area contributed by atoms with Crippen LogP contribution in [-0.2, 0) is 11.3 Å². The van der Waals surface area contributed by atoms with Gasteiger partial charge >= 0.3 is 0 Å². The van der Waals surface area contributed by atoms with Gasteiger partial charge in [0.15, 0.2) is 0 Å². The maximum Gasteiger partial charge on any atom is 0.0796 e. The standard InChI is InChI=1S/C14H22N2O/c1-12(17-2)14-6-4-3-5-13(14)11-16-9-7-15-8-10-16/h3-6,12,15H,7-11H2,1-2H3. The van der Waals surface area contributed by atoms with Gasteiger partial charge in [0, 0.05) is 39.8 Å². The van der Waals surface area contributed by atoms with Crippen LogP contribution in [0.1, 0.15) is 24.2 Å². The van der Waals surface area contributed by atoms with E-state index in [9.17, 15) is 0 Å². The van der Waals surface area contributed by atoms with Crippen molar-refractivity contribution in [1.82, 2.24) is 10.2 Å². The van der Waals surface area contributed by atoms with Gasteiger partial charge in [-0.15, -0.1) is 0 Å². The molecule has 0 aromatic heterocycles. The summed E-state index contributed by atoms with van der Waals surface area (Å²) in [6.45, 7) is 7.61. The second-order valence-electron chi connectivity index (χ2n) is 4.60. The Labute approximate surface area is 104 Å². The molecule has 1 unspecified atom stereocenters. The SMILES string of the molecule is COC(C)c1ccccc1CN1CCNCC1. The van der Waals surface area contributed by atoms with E-state index >= 15 is 0 Å². The highest BCUT2D eigenvalue weighted by Gasteiger charge is 2.14. The van der Waals surface area contributed by atoms with Crippen molar-refractivity contribution < 1.29 is 4.74 Å². The largest absolute Gasteiger partial charge is 0.377 e. The number of benzene rings is 1. The molecule has 1 heterocycles. The molecule has 1 aromatic rings. The predicted octanol–water partition coefficient (Wildman–Crippen LogP) is 1.80. The average molecular weight is 234 g/mol. The summed E-state index contributed by atoms with van der Waals surface area (Å²) in [5.74, 6) is 0. The minimum Gasteiger partial charge on any atom is -0.377 e. The van der Waals surface area contributed by atoms with Crippen LogP contribution in [0.2, 0.25) is 0 Å². The summed E-state index contributed by atoms with van der Waals surface area (Å²) in [5.41, 5.74) is 2.71. The molecule has 94 valence electrons. The van der Waals surface area contributed by atoms with Crippen LogP contribution >= 0.6 is 0 Å². The number of piperazine rings is 1. The first-order valence-corrected chi connectivity index (χ1v) is 6.35. The van der Waals surface area contributed by atoms with Crippen LogP contribution < -0.4 is 5.32 Å². The normalized spacial score (nSPS) is 19.2. The fourth-order valence-electron chi connectivity index (χ4n) is 2.31. The van der Waals surface area contributed by atoms with Crippen molar-refractivity contribution >= 4 is 0 Å². The third kappa shape index (κ3) is 3.28. The maximum absolute atomic E-state index is 5.44. The highest BCUT2D eigenvalue weighted by atomic mass is 16.5. The lowest BCUT2D eigenvalue weighted by molar-refractivity contribution is 0.117. The van der Waals surface area contributed by atoms with E-state index in [-0.39, 0.29) is 6.10 Å². The van der Waals surface area contributed by atoms with Crippen LogP contribution in [0.15, 0.2) is 24.3 Å². The Bertz CT molecular complexity index is 348. The van der Waals surface area contributed by atoms with Gasteiger partial charge in [0.1, 0.15) is 0 Å². The van der Waals surface area contributed by atoms with E-state index in [0.717, 1.165) is 32.7 Å². The second kappa shape index (κ2) is 6.15. The molecule has 0 bridgehead atoms. The Morgan fingerprint density at radius 3 is 2.71 bits per heavy atom. The zero-order valence-corrected chi connectivity index (χ0v) is 10.8. The smallest absolute Gasteiger partial charge is 0.0796 e. The first-order valence-electron chi connectivity index (χ1n) is 6.35. The van der Waals surface area contributed by atoms with E-state index in [4.69, 9.17) is 4.74 Å². The molecule has 0 saturated carbocycles. The molecule has 17 heavy (non-hydrogen) atoms. The Morgan fingerprint density at radius 1 is 1.29 bits per heavy atom. The fraction of sp³-hybridized carbons (Fsp3) is 0.571. The van der Waals surface area contributed by atoms with Crippen molar-refractivity contribution in [3.05, 3.63) is 35.4 Å². The molecule has 0 aliphatic carbocycles. The van der Waals surface area contributed by atoms with Gasteiger partial charge in [-0.3, -0.25) is 4.90 Å². The van der Waals surface area contributed by atoms with Crippen molar-refractivity contribution in [2.45, 2.75) is 19.6 Å². The molecule has 3 nitrogen and oxygen atoms in total. The van der Waals surface area contributed by atoms with Crippen LogP contribution in [0.4, 0.5) is 0 Å². The zero-order chi connectivity index (χ0) is 12.1. The number of nitrogens with one attached hydrogen (secondary N) is 1. The van der Waals surface area contributed by atoms with Gasteiger partial charge < -0.3 is 10.1 Å². The molecule has 2 rings (SSSR count). The lowest BCUT2D eigenvalue weighted by Gasteiger charge is -2.28. The van der Waals surface area contributed by atoms with E-state index in [0.29, 0.717) is 0 Å². The monoisotopic (exact) mass is 234 g/mol. The third-order valence-corrected chi connectivity index (χ3v) is 3.45. The van der Waals surface area contributed by atoms with Gasteiger partial charge in [-0.25, -0.2) is 0 Å². The highest BCUT2D eigenvalue weighted by Crippen LogP contribution is 2.21. The van der Waals surface area contributed by atoms with Gasteiger partial charge in [-0.2, -0.15) is 0 Å². The van der Waals surface area contributed by atoms with E-state index in [1.807, 2.05) is 0 Å². The van der Waals surface area contributed by atoms with Gasteiger partial charge in [-0.05, 0) is 18.1 Å². The van der Waals surface area contributed by atoms with E-state index in [1.54, 1.807) is 7.11 Å².